The van der Waals surface area contributed by atoms with Crippen molar-refractivity contribution in [2.75, 3.05) is 18.0 Å². The van der Waals surface area contributed by atoms with Gasteiger partial charge in [-0.15, -0.1) is 0 Å². The van der Waals surface area contributed by atoms with E-state index in [0.29, 0.717) is 23.0 Å². The predicted molar refractivity (Wildman–Crippen MR) is 77.3 cm³/mol. The highest BCUT2D eigenvalue weighted by atomic mass is 35.5. The second-order valence-corrected chi connectivity index (χ2v) is 5.56. The van der Waals surface area contributed by atoms with Crippen molar-refractivity contribution in [3.8, 4) is 6.07 Å². The van der Waals surface area contributed by atoms with Gasteiger partial charge >= 0.3 is 0 Å². The quantitative estimate of drug-likeness (QED) is 0.902. The van der Waals surface area contributed by atoms with Crippen LogP contribution in [0.4, 0.5) is 5.82 Å². The molecule has 0 spiro atoms. The number of hydrogen-bond acceptors (Lipinski definition) is 4. The Bertz CT molecular complexity index is 509. The Morgan fingerprint density at radius 1 is 1.63 bits per heavy atom. The summed E-state index contributed by atoms with van der Waals surface area (Å²) in [6, 6.07) is 4.08. The summed E-state index contributed by atoms with van der Waals surface area (Å²) < 4.78 is 0. The highest BCUT2D eigenvalue weighted by molar-refractivity contribution is 6.33. The molecular weight excluding hydrogens is 260 g/mol. The molecule has 19 heavy (non-hydrogen) atoms. The van der Waals surface area contributed by atoms with Crippen molar-refractivity contribution in [2.45, 2.75) is 32.7 Å². The van der Waals surface area contributed by atoms with Gasteiger partial charge in [-0.25, -0.2) is 4.98 Å². The Balaban J connectivity index is 2.40. The van der Waals surface area contributed by atoms with Crippen molar-refractivity contribution in [3.63, 3.8) is 0 Å². The molecule has 1 aromatic heterocycles. The molecular formula is C14H19ClN4. The first-order chi connectivity index (χ1) is 9.08. The standard InChI is InChI=1S/C14H19ClN4/c1-9-4-3-5-19(13(9)8-17)14-12(15)6-11(7-16)10(2)18-14/h6,9,13H,3-5,8,17H2,1-2H3. The fraction of sp³-hybridized carbons (Fsp3) is 0.571. The van der Waals surface area contributed by atoms with Crippen molar-refractivity contribution in [1.82, 2.24) is 4.98 Å². The van der Waals surface area contributed by atoms with E-state index in [-0.39, 0.29) is 6.04 Å². The molecule has 0 aliphatic carbocycles. The van der Waals surface area contributed by atoms with Crippen LogP contribution in [0.1, 0.15) is 31.0 Å². The average Bonchev–Trinajstić information content (AvgIpc) is 2.40. The van der Waals surface area contributed by atoms with Crippen molar-refractivity contribution >= 4 is 17.4 Å². The summed E-state index contributed by atoms with van der Waals surface area (Å²) in [5, 5.41) is 9.54. The summed E-state index contributed by atoms with van der Waals surface area (Å²) in [7, 11) is 0. The van der Waals surface area contributed by atoms with Crippen LogP contribution in [0.15, 0.2) is 6.07 Å². The van der Waals surface area contributed by atoms with Crippen LogP contribution in [-0.2, 0) is 0 Å². The van der Waals surface area contributed by atoms with Crippen LogP contribution in [0.5, 0.6) is 0 Å². The Labute approximate surface area is 119 Å². The van der Waals surface area contributed by atoms with Gasteiger partial charge in [0.15, 0.2) is 0 Å². The zero-order valence-corrected chi connectivity index (χ0v) is 12.1. The third-order valence-corrected chi connectivity index (χ3v) is 4.18. The maximum Gasteiger partial charge on any atom is 0.148 e. The highest BCUT2D eigenvalue weighted by Crippen LogP contribution is 2.32. The summed E-state index contributed by atoms with van der Waals surface area (Å²) in [6.45, 7) is 5.57. The Morgan fingerprint density at radius 3 is 3.00 bits per heavy atom. The van der Waals surface area contributed by atoms with E-state index in [1.807, 2.05) is 6.92 Å². The van der Waals surface area contributed by atoms with Crippen molar-refractivity contribution in [2.24, 2.45) is 11.7 Å². The molecule has 0 bridgehead atoms. The van der Waals surface area contributed by atoms with E-state index in [9.17, 15) is 0 Å². The third kappa shape index (κ3) is 2.68. The molecule has 0 saturated carbocycles. The number of halogens is 1. The van der Waals surface area contributed by atoms with Crippen LogP contribution in [0.25, 0.3) is 0 Å². The molecule has 2 atom stereocenters. The Hall–Kier alpha value is -1.31. The molecule has 2 rings (SSSR count). The van der Waals surface area contributed by atoms with Gasteiger partial charge in [-0.2, -0.15) is 5.26 Å². The van der Waals surface area contributed by atoms with E-state index in [4.69, 9.17) is 22.6 Å². The van der Waals surface area contributed by atoms with E-state index in [2.05, 4.69) is 22.9 Å². The number of pyridine rings is 1. The maximum absolute atomic E-state index is 9.00. The lowest BCUT2D eigenvalue weighted by atomic mass is 9.91. The van der Waals surface area contributed by atoms with Gasteiger partial charge < -0.3 is 10.6 Å². The largest absolute Gasteiger partial charge is 0.351 e. The molecule has 0 aromatic carbocycles. The second kappa shape index (κ2) is 5.77. The average molecular weight is 279 g/mol. The molecule has 1 aliphatic heterocycles. The zero-order valence-electron chi connectivity index (χ0n) is 11.4. The number of rotatable bonds is 2. The first-order valence-corrected chi connectivity index (χ1v) is 7.00. The summed E-state index contributed by atoms with van der Waals surface area (Å²) >= 11 is 6.29. The molecule has 1 fully saturated rings. The maximum atomic E-state index is 9.00. The number of anilines is 1. The van der Waals surface area contributed by atoms with E-state index in [1.165, 1.54) is 6.42 Å². The number of nitrogens with two attached hydrogens (primary N) is 1. The molecule has 0 amide bonds. The summed E-state index contributed by atoms with van der Waals surface area (Å²) in [6.07, 6.45) is 2.31. The number of piperidine rings is 1. The molecule has 2 unspecified atom stereocenters. The lowest BCUT2D eigenvalue weighted by Gasteiger charge is -2.40. The van der Waals surface area contributed by atoms with Crippen molar-refractivity contribution < 1.29 is 0 Å². The normalized spacial score (nSPS) is 23.2. The van der Waals surface area contributed by atoms with Crippen molar-refractivity contribution in [3.05, 3.63) is 22.3 Å². The summed E-state index contributed by atoms with van der Waals surface area (Å²) in [5.41, 5.74) is 7.15. The van der Waals surface area contributed by atoms with Crippen molar-refractivity contribution in [1.29, 1.82) is 5.26 Å². The molecule has 5 heteroatoms. The van der Waals surface area contributed by atoms with Gasteiger partial charge in [0.2, 0.25) is 0 Å². The minimum Gasteiger partial charge on any atom is -0.351 e. The first-order valence-electron chi connectivity index (χ1n) is 6.62. The topological polar surface area (TPSA) is 65.9 Å². The molecule has 0 radical (unpaired) electrons. The number of nitrogens with zero attached hydrogens (tertiary/aromatic N) is 3. The number of aryl methyl sites for hydroxylation is 1. The van der Waals surface area contributed by atoms with Gasteiger partial charge in [0.1, 0.15) is 11.9 Å². The van der Waals surface area contributed by atoms with E-state index < -0.39 is 0 Å². The van der Waals surface area contributed by atoms with Gasteiger partial charge in [-0.3, -0.25) is 0 Å². The van der Waals surface area contributed by atoms with Gasteiger partial charge in [-0.05, 0) is 31.7 Å². The van der Waals surface area contributed by atoms with Crippen LogP contribution in [0.2, 0.25) is 5.02 Å². The van der Waals surface area contributed by atoms with Crippen LogP contribution in [0.3, 0.4) is 0 Å². The number of hydrogen-bond donors (Lipinski definition) is 1. The summed E-state index contributed by atoms with van der Waals surface area (Å²) in [4.78, 5) is 6.71. The minimum atomic E-state index is 0.270. The number of nitriles is 1. The number of aromatic nitrogens is 1. The van der Waals surface area contributed by atoms with E-state index >= 15 is 0 Å². The van der Waals surface area contributed by atoms with Crippen LogP contribution >= 0.6 is 11.6 Å². The van der Waals surface area contributed by atoms with E-state index in [1.54, 1.807) is 6.07 Å². The molecule has 1 aliphatic rings. The molecule has 1 saturated heterocycles. The predicted octanol–water partition coefficient (Wildman–Crippen LogP) is 2.48. The molecule has 2 N–H and O–H groups in total. The zero-order chi connectivity index (χ0) is 14.0. The van der Waals surface area contributed by atoms with E-state index in [0.717, 1.165) is 24.5 Å². The first kappa shape index (κ1) is 14.1. The fourth-order valence-corrected chi connectivity index (χ4v) is 3.01. The van der Waals surface area contributed by atoms with Gasteiger partial charge in [-0.1, -0.05) is 18.5 Å². The molecule has 102 valence electrons. The van der Waals surface area contributed by atoms with Gasteiger partial charge in [0.05, 0.1) is 16.3 Å². The van der Waals surface area contributed by atoms with Crippen LogP contribution in [0, 0.1) is 24.2 Å². The van der Waals surface area contributed by atoms with Gasteiger partial charge in [0, 0.05) is 19.1 Å². The molecule has 1 aromatic rings. The van der Waals surface area contributed by atoms with Gasteiger partial charge in [0.25, 0.3) is 0 Å². The minimum absolute atomic E-state index is 0.270. The molecule has 4 nitrogen and oxygen atoms in total. The van der Waals surface area contributed by atoms with Crippen LogP contribution < -0.4 is 10.6 Å². The highest BCUT2D eigenvalue weighted by Gasteiger charge is 2.29. The SMILES string of the molecule is Cc1nc(N2CCCC(C)C2CN)c(Cl)cc1C#N. The lowest BCUT2D eigenvalue weighted by molar-refractivity contribution is 0.348. The summed E-state index contributed by atoms with van der Waals surface area (Å²) in [5.74, 6) is 1.30. The Kier molecular flexibility index (Phi) is 4.28. The van der Waals surface area contributed by atoms with Crippen LogP contribution in [-0.4, -0.2) is 24.1 Å². The smallest absolute Gasteiger partial charge is 0.148 e. The second-order valence-electron chi connectivity index (χ2n) is 5.15. The molecule has 2 heterocycles. The monoisotopic (exact) mass is 278 g/mol. The Morgan fingerprint density at radius 2 is 2.37 bits per heavy atom. The fourth-order valence-electron chi connectivity index (χ4n) is 2.75. The third-order valence-electron chi connectivity index (χ3n) is 3.90. The lowest BCUT2D eigenvalue weighted by Crippen LogP contribution is -2.49.